The van der Waals surface area contributed by atoms with Gasteiger partial charge in [0.15, 0.2) is 0 Å². The van der Waals surface area contributed by atoms with E-state index in [1.54, 1.807) is 4.90 Å². The molecule has 20 heavy (non-hydrogen) atoms. The number of alkyl halides is 3. The molecule has 1 aromatic rings. The van der Waals surface area contributed by atoms with Crippen LogP contribution < -0.4 is 5.73 Å². The van der Waals surface area contributed by atoms with Crippen molar-refractivity contribution in [2.75, 3.05) is 13.1 Å². The fraction of sp³-hybridized carbons (Fsp3) is 0.500. The van der Waals surface area contributed by atoms with Crippen molar-refractivity contribution in [1.29, 1.82) is 0 Å². The van der Waals surface area contributed by atoms with Crippen LogP contribution in [0.1, 0.15) is 22.3 Å². The van der Waals surface area contributed by atoms with E-state index in [2.05, 4.69) is 0 Å². The summed E-state index contributed by atoms with van der Waals surface area (Å²) in [6.07, 6.45) is -3.36. The maximum atomic E-state index is 12.7. The number of carbonyl (C=O) groups excluding carboxylic acids is 1. The van der Waals surface area contributed by atoms with Gasteiger partial charge in [-0.25, -0.2) is 0 Å². The van der Waals surface area contributed by atoms with Gasteiger partial charge in [-0.2, -0.15) is 13.2 Å². The molecule has 1 saturated heterocycles. The predicted molar refractivity (Wildman–Crippen MR) is 66.9 cm³/mol. The fourth-order valence-electron chi connectivity index (χ4n) is 3.10. The van der Waals surface area contributed by atoms with Crippen LogP contribution in [0, 0.1) is 11.8 Å². The summed E-state index contributed by atoms with van der Waals surface area (Å²) in [5.41, 5.74) is 4.97. The SMILES string of the molecule is NC[C@@H]1[C@H]2C[C@H]2CN1C(=O)c1cccc(C(F)(F)F)c1. The Hall–Kier alpha value is -1.56. The molecule has 0 bridgehead atoms. The number of carbonyl (C=O) groups is 1. The van der Waals surface area contributed by atoms with Crippen molar-refractivity contribution in [1.82, 2.24) is 4.90 Å². The van der Waals surface area contributed by atoms with Gasteiger partial charge in [0.05, 0.1) is 5.56 Å². The van der Waals surface area contributed by atoms with Crippen LogP contribution in [0.25, 0.3) is 0 Å². The Balaban J connectivity index is 1.84. The first-order valence-electron chi connectivity index (χ1n) is 6.60. The van der Waals surface area contributed by atoms with Crippen LogP contribution in [0.2, 0.25) is 0 Å². The number of rotatable bonds is 2. The molecule has 2 aliphatic rings. The average molecular weight is 284 g/mol. The highest BCUT2D eigenvalue weighted by molar-refractivity contribution is 5.95. The summed E-state index contributed by atoms with van der Waals surface area (Å²) in [7, 11) is 0. The molecule has 0 aromatic heterocycles. The van der Waals surface area contributed by atoms with Gasteiger partial charge in [0.1, 0.15) is 0 Å². The summed E-state index contributed by atoms with van der Waals surface area (Å²) in [5, 5.41) is 0. The van der Waals surface area contributed by atoms with Crippen LogP contribution in [-0.4, -0.2) is 29.9 Å². The lowest BCUT2D eigenvalue weighted by molar-refractivity contribution is -0.137. The first kappa shape index (κ1) is 13.4. The lowest BCUT2D eigenvalue weighted by Crippen LogP contribution is -2.42. The number of likely N-dealkylation sites (tertiary alicyclic amines) is 1. The summed E-state index contributed by atoms with van der Waals surface area (Å²) in [5.74, 6) is 0.576. The van der Waals surface area contributed by atoms with E-state index < -0.39 is 11.7 Å². The van der Waals surface area contributed by atoms with Crippen LogP contribution in [-0.2, 0) is 6.18 Å². The van der Waals surface area contributed by atoms with Gasteiger partial charge in [-0.3, -0.25) is 4.79 Å². The third kappa shape index (κ3) is 2.18. The topological polar surface area (TPSA) is 46.3 Å². The minimum Gasteiger partial charge on any atom is -0.334 e. The summed E-state index contributed by atoms with van der Waals surface area (Å²) in [6.45, 7) is 0.980. The van der Waals surface area contributed by atoms with Crippen LogP contribution in [0.4, 0.5) is 13.2 Å². The van der Waals surface area contributed by atoms with Gasteiger partial charge in [0, 0.05) is 24.7 Å². The Labute approximate surface area is 114 Å². The number of hydrogen-bond acceptors (Lipinski definition) is 2. The smallest absolute Gasteiger partial charge is 0.334 e. The maximum absolute atomic E-state index is 12.7. The van der Waals surface area contributed by atoms with E-state index in [9.17, 15) is 18.0 Å². The van der Waals surface area contributed by atoms with E-state index in [1.165, 1.54) is 12.1 Å². The maximum Gasteiger partial charge on any atom is 0.416 e. The molecule has 3 rings (SSSR count). The van der Waals surface area contributed by atoms with Crippen molar-refractivity contribution in [3.8, 4) is 0 Å². The van der Waals surface area contributed by atoms with Crippen LogP contribution in [0.3, 0.4) is 0 Å². The Morgan fingerprint density at radius 3 is 2.80 bits per heavy atom. The van der Waals surface area contributed by atoms with Crippen molar-refractivity contribution in [2.24, 2.45) is 17.6 Å². The standard InChI is InChI=1S/C14H15F3N2O/c15-14(16,17)10-3-1-2-8(4-10)13(20)19-7-9-5-11(9)12(19)6-18/h1-4,9,11-12H,5-7,18H2/t9-,11-,12+/m0/s1. The van der Waals surface area contributed by atoms with Crippen LogP contribution >= 0.6 is 0 Å². The van der Waals surface area contributed by atoms with Crippen LogP contribution in [0.15, 0.2) is 24.3 Å². The molecular formula is C14H15F3N2O. The van der Waals surface area contributed by atoms with Gasteiger partial charge in [-0.15, -0.1) is 0 Å². The second kappa shape index (κ2) is 4.48. The molecule has 1 saturated carbocycles. The summed E-state index contributed by atoms with van der Waals surface area (Å²) < 4.78 is 38.0. The molecule has 1 aliphatic carbocycles. The number of benzene rings is 1. The lowest BCUT2D eigenvalue weighted by Gasteiger charge is -2.26. The summed E-state index contributed by atoms with van der Waals surface area (Å²) in [6, 6.07) is 4.56. The quantitative estimate of drug-likeness (QED) is 0.904. The van der Waals surface area contributed by atoms with Crippen molar-refractivity contribution < 1.29 is 18.0 Å². The van der Waals surface area contributed by atoms with Crippen LogP contribution in [0.5, 0.6) is 0 Å². The van der Waals surface area contributed by atoms with Gasteiger partial charge >= 0.3 is 6.18 Å². The van der Waals surface area contributed by atoms with E-state index in [4.69, 9.17) is 5.73 Å². The summed E-state index contributed by atoms with van der Waals surface area (Å²) >= 11 is 0. The van der Waals surface area contributed by atoms with E-state index in [1.807, 2.05) is 0 Å². The highest BCUT2D eigenvalue weighted by atomic mass is 19.4. The zero-order chi connectivity index (χ0) is 14.5. The molecule has 1 aromatic carbocycles. The van der Waals surface area contributed by atoms with E-state index in [0.717, 1.165) is 18.6 Å². The molecule has 6 heteroatoms. The highest BCUT2D eigenvalue weighted by Crippen LogP contribution is 2.49. The normalized spacial score (nSPS) is 28.4. The Morgan fingerprint density at radius 1 is 1.40 bits per heavy atom. The van der Waals surface area contributed by atoms with Gasteiger partial charge in [-0.1, -0.05) is 6.07 Å². The van der Waals surface area contributed by atoms with Gasteiger partial charge in [0.25, 0.3) is 5.91 Å². The second-order valence-electron chi connectivity index (χ2n) is 5.50. The molecule has 1 aliphatic heterocycles. The highest BCUT2D eigenvalue weighted by Gasteiger charge is 2.53. The number of nitrogens with zero attached hydrogens (tertiary/aromatic N) is 1. The fourth-order valence-corrected chi connectivity index (χ4v) is 3.10. The number of piperidine rings is 1. The van der Waals surface area contributed by atoms with Gasteiger partial charge in [0.2, 0.25) is 0 Å². The minimum atomic E-state index is -4.43. The molecule has 108 valence electrons. The second-order valence-corrected chi connectivity index (χ2v) is 5.50. The van der Waals surface area contributed by atoms with Crippen molar-refractivity contribution in [3.63, 3.8) is 0 Å². The summed E-state index contributed by atoms with van der Waals surface area (Å²) in [4.78, 5) is 14.0. The van der Waals surface area contributed by atoms with Gasteiger partial charge < -0.3 is 10.6 Å². The first-order valence-corrected chi connectivity index (χ1v) is 6.60. The van der Waals surface area contributed by atoms with E-state index in [0.29, 0.717) is 24.9 Å². The third-order valence-electron chi connectivity index (χ3n) is 4.24. The van der Waals surface area contributed by atoms with Crippen molar-refractivity contribution >= 4 is 5.91 Å². The molecule has 0 radical (unpaired) electrons. The Kier molecular flexibility index (Phi) is 3.01. The minimum absolute atomic E-state index is 0.0259. The molecule has 3 atom stereocenters. The van der Waals surface area contributed by atoms with Gasteiger partial charge in [-0.05, 0) is 36.5 Å². The number of hydrogen-bond donors (Lipinski definition) is 1. The molecule has 2 fully saturated rings. The largest absolute Gasteiger partial charge is 0.416 e. The third-order valence-corrected chi connectivity index (χ3v) is 4.24. The molecule has 3 nitrogen and oxygen atoms in total. The molecular weight excluding hydrogens is 269 g/mol. The Morgan fingerprint density at radius 2 is 2.15 bits per heavy atom. The van der Waals surface area contributed by atoms with E-state index in [-0.39, 0.29) is 17.5 Å². The average Bonchev–Trinajstić information content (AvgIpc) is 3.08. The monoisotopic (exact) mass is 284 g/mol. The lowest BCUT2D eigenvalue weighted by atomic mass is 10.1. The number of halogens is 3. The van der Waals surface area contributed by atoms with Crippen molar-refractivity contribution in [3.05, 3.63) is 35.4 Å². The number of nitrogens with two attached hydrogens (primary N) is 1. The van der Waals surface area contributed by atoms with E-state index >= 15 is 0 Å². The molecule has 0 unspecified atom stereocenters. The Bertz CT molecular complexity index is 543. The molecule has 0 spiro atoms. The molecule has 1 heterocycles. The number of amides is 1. The zero-order valence-corrected chi connectivity index (χ0v) is 10.7. The molecule has 1 amide bonds. The first-order chi connectivity index (χ1) is 9.41. The molecule has 2 N–H and O–H groups in total. The number of fused-ring (bicyclic) bond motifs is 1. The zero-order valence-electron chi connectivity index (χ0n) is 10.7. The predicted octanol–water partition coefficient (Wildman–Crippen LogP) is 2.12. The van der Waals surface area contributed by atoms with Crippen molar-refractivity contribution in [2.45, 2.75) is 18.6 Å².